The SMILES string of the molecule is CCN(CC)CCCN(Cc1cc2cc3c(cc2[nH]c1=O)OCCO3)C(=S)NCCc1ccccc1. The zero-order valence-electron chi connectivity index (χ0n) is 21.2. The molecule has 0 atom stereocenters. The summed E-state index contributed by atoms with van der Waals surface area (Å²) < 4.78 is 11.4. The first-order valence-electron chi connectivity index (χ1n) is 12.8. The molecule has 2 heterocycles. The number of thiocarbonyl (C=S) groups is 1. The minimum absolute atomic E-state index is 0.111. The average Bonchev–Trinajstić information content (AvgIpc) is 2.90. The molecule has 0 radical (unpaired) electrons. The zero-order chi connectivity index (χ0) is 25.3. The predicted octanol–water partition coefficient (Wildman–Crippen LogP) is 3.95. The lowest BCUT2D eigenvalue weighted by atomic mass is 10.1. The monoisotopic (exact) mass is 508 g/mol. The van der Waals surface area contributed by atoms with Crippen LogP contribution in [0.15, 0.2) is 53.3 Å². The minimum Gasteiger partial charge on any atom is -0.486 e. The van der Waals surface area contributed by atoms with Crippen LogP contribution in [0.25, 0.3) is 10.9 Å². The van der Waals surface area contributed by atoms with Crippen molar-refractivity contribution in [3.8, 4) is 11.5 Å². The van der Waals surface area contributed by atoms with Crippen LogP contribution >= 0.6 is 12.2 Å². The highest BCUT2D eigenvalue weighted by atomic mass is 32.1. The molecular weight excluding hydrogens is 472 g/mol. The van der Waals surface area contributed by atoms with Gasteiger partial charge >= 0.3 is 0 Å². The Kier molecular flexibility index (Phi) is 9.19. The fraction of sp³-hybridized carbons (Fsp3) is 0.429. The lowest BCUT2D eigenvalue weighted by Crippen LogP contribution is -2.42. The van der Waals surface area contributed by atoms with Gasteiger partial charge in [0.25, 0.3) is 5.56 Å². The summed E-state index contributed by atoms with van der Waals surface area (Å²) in [6.07, 6.45) is 1.85. The molecule has 0 saturated heterocycles. The number of nitrogens with one attached hydrogen (secondary N) is 2. The first kappa shape index (κ1) is 26.0. The summed E-state index contributed by atoms with van der Waals surface area (Å²) in [7, 11) is 0. The molecule has 0 unspecified atom stereocenters. The molecule has 2 N–H and O–H groups in total. The molecule has 8 heteroatoms. The number of rotatable bonds is 11. The first-order chi connectivity index (χ1) is 17.6. The molecule has 2 aromatic carbocycles. The average molecular weight is 509 g/mol. The number of pyridine rings is 1. The number of ether oxygens (including phenoxy) is 2. The molecule has 1 aliphatic rings. The van der Waals surface area contributed by atoms with E-state index >= 15 is 0 Å². The highest BCUT2D eigenvalue weighted by Gasteiger charge is 2.17. The van der Waals surface area contributed by atoms with Crippen molar-refractivity contribution in [1.82, 2.24) is 20.1 Å². The van der Waals surface area contributed by atoms with E-state index in [0.717, 1.165) is 56.5 Å². The van der Waals surface area contributed by atoms with Crippen LogP contribution in [0.2, 0.25) is 0 Å². The second-order valence-electron chi connectivity index (χ2n) is 8.98. The Hall–Kier alpha value is -3.10. The van der Waals surface area contributed by atoms with Crippen LogP contribution in [0, 0.1) is 0 Å². The molecule has 36 heavy (non-hydrogen) atoms. The van der Waals surface area contributed by atoms with E-state index in [1.807, 2.05) is 36.4 Å². The normalized spacial score (nSPS) is 12.6. The van der Waals surface area contributed by atoms with E-state index in [1.54, 1.807) is 0 Å². The molecule has 0 bridgehead atoms. The van der Waals surface area contributed by atoms with Crippen molar-refractivity contribution in [2.75, 3.05) is 45.9 Å². The summed E-state index contributed by atoms with van der Waals surface area (Å²) in [6.45, 7) is 10.4. The molecule has 1 aliphatic heterocycles. The quantitative estimate of drug-likeness (QED) is 0.380. The van der Waals surface area contributed by atoms with Crippen LogP contribution < -0.4 is 20.3 Å². The van der Waals surface area contributed by atoms with Crippen LogP contribution in [0.3, 0.4) is 0 Å². The van der Waals surface area contributed by atoms with Crippen LogP contribution in [0.1, 0.15) is 31.4 Å². The standard InChI is InChI=1S/C28H36N4O3S/c1-3-31(4-2)13-8-14-32(28(36)29-12-11-21-9-6-5-7-10-21)20-23-17-22-18-25-26(35-16-15-34-25)19-24(22)30-27(23)33/h5-7,9-10,17-19H,3-4,8,11-16,20H2,1-2H3,(H,29,36)(H,30,33). The van der Waals surface area contributed by atoms with E-state index < -0.39 is 0 Å². The molecule has 192 valence electrons. The van der Waals surface area contributed by atoms with Crippen molar-refractivity contribution in [3.63, 3.8) is 0 Å². The van der Waals surface area contributed by atoms with Gasteiger partial charge in [-0.1, -0.05) is 44.2 Å². The summed E-state index contributed by atoms with van der Waals surface area (Å²) in [5.41, 5.74) is 2.57. The predicted molar refractivity (Wildman–Crippen MR) is 149 cm³/mol. The largest absolute Gasteiger partial charge is 0.486 e. The molecule has 0 amide bonds. The summed E-state index contributed by atoms with van der Waals surface area (Å²) >= 11 is 5.80. The van der Waals surface area contributed by atoms with Crippen molar-refractivity contribution >= 4 is 28.2 Å². The lowest BCUT2D eigenvalue weighted by molar-refractivity contribution is 0.172. The Bertz CT molecular complexity index is 1210. The Balaban J connectivity index is 1.49. The van der Waals surface area contributed by atoms with Crippen molar-refractivity contribution in [2.45, 2.75) is 33.2 Å². The molecule has 7 nitrogen and oxygen atoms in total. The van der Waals surface area contributed by atoms with Crippen LogP contribution in [-0.2, 0) is 13.0 Å². The van der Waals surface area contributed by atoms with Crippen molar-refractivity contribution in [1.29, 1.82) is 0 Å². The number of aromatic nitrogens is 1. The maximum Gasteiger partial charge on any atom is 0.253 e. The smallest absolute Gasteiger partial charge is 0.253 e. The van der Waals surface area contributed by atoms with Gasteiger partial charge in [0.1, 0.15) is 13.2 Å². The van der Waals surface area contributed by atoms with Gasteiger partial charge in [0.05, 0.1) is 12.1 Å². The minimum atomic E-state index is -0.111. The van der Waals surface area contributed by atoms with Gasteiger partial charge in [-0.3, -0.25) is 4.79 Å². The van der Waals surface area contributed by atoms with Gasteiger partial charge in [-0.2, -0.15) is 0 Å². The van der Waals surface area contributed by atoms with E-state index in [2.05, 4.69) is 46.1 Å². The summed E-state index contributed by atoms with van der Waals surface area (Å²) in [5, 5.41) is 5.00. The third-order valence-electron chi connectivity index (χ3n) is 6.56. The first-order valence-corrected chi connectivity index (χ1v) is 13.2. The molecule has 0 aliphatic carbocycles. The maximum absolute atomic E-state index is 13.0. The zero-order valence-corrected chi connectivity index (χ0v) is 22.0. The van der Waals surface area contributed by atoms with Crippen LogP contribution in [-0.4, -0.2) is 65.8 Å². The molecule has 0 fully saturated rings. The lowest BCUT2D eigenvalue weighted by Gasteiger charge is -2.27. The Morgan fingerprint density at radius 2 is 1.75 bits per heavy atom. The molecule has 3 aromatic rings. The number of hydrogen-bond donors (Lipinski definition) is 2. The molecule has 0 spiro atoms. The molecular formula is C28H36N4O3S. The van der Waals surface area contributed by atoms with Gasteiger partial charge in [0.15, 0.2) is 16.6 Å². The van der Waals surface area contributed by atoms with Crippen molar-refractivity contribution < 1.29 is 9.47 Å². The van der Waals surface area contributed by atoms with Gasteiger partial charge in [-0.15, -0.1) is 0 Å². The summed E-state index contributed by atoms with van der Waals surface area (Å²) in [5.74, 6) is 1.37. The Labute approximate surface area is 218 Å². The van der Waals surface area contributed by atoms with E-state index in [1.165, 1.54) is 5.56 Å². The highest BCUT2D eigenvalue weighted by Crippen LogP contribution is 2.33. The number of hydrogen-bond acceptors (Lipinski definition) is 5. The Morgan fingerprint density at radius 1 is 1.03 bits per heavy atom. The van der Waals surface area contributed by atoms with Crippen LogP contribution in [0.4, 0.5) is 0 Å². The van der Waals surface area contributed by atoms with Crippen molar-refractivity contribution in [3.05, 3.63) is 70.0 Å². The second kappa shape index (κ2) is 12.7. The van der Waals surface area contributed by atoms with Crippen LogP contribution in [0.5, 0.6) is 11.5 Å². The van der Waals surface area contributed by atoms with Gasteiger partial charge in [0.2, 0.25) is 0 Å². The van der Waals surface area contributed by atoms with Gasteiger partial charge in [0, 0.05) is 30.1 Å². The number of aromatic amines is 1. The number of fused-ring (bicyclic) bond motifs is 2. The van der Waals surface area contributed by atoms with E-state index in [9.17, 15) is 4.79 Å². The third-order valence-corrected chi connectivity index (χ3v) is 6.96. The van der Waals surface area contributed by atoms with E-state index in [4.69, 9.17) is 21.7 Å². The number of benzene rings is 2. The number of nitrogens with zero attached hydrogens (tertiary/aromatic N) is 2. The van der Waals surface area contributed by atoms with Crippen molar-refractivity contribution in [2.24, 2.45) is 0 Å². The molecule has 1 aromatic heterocycles. The second-order valence-corrected chi connectivity index (χ2v) is 9.36. The third kappa shape index (κ3) is 6.77. The van der Waals surface area contributed by atoms with Gasteiger partial charge in [-0.25, -0.2) is 0 Å². The summed E-state index contributed by atoms with van der Waals surface area (Å²) in [4.78, 5) is 20.5. The Morgan fingerprint density at radius 3 is 2.47 bits per heavy atom. The maximum atomic E-state index is 13.0. The van der Waals surface area contributed by atoms with E-state index in [0.29, 0.717) is 41.9 Å². The summed E-state index contributed by atoms with van der Waals surface area (Å²) in [6, 6.07) is 16.1. The van der Waals surface area contributed by atoms with E-state index in [-0.39, 0.29) is 5.56 Å². The van der Waals surface area contributed by atoms with Gasteiger partial charge in [-0.05, 0) is 62.4 Å². The number of H-pyrrole nitrogens is 1. The highest BCUT2D eigenvalue weighted by molar-refractivity contribution is 7.80. The topological polar surface area (TPSA) is 69.8 Å². The fourth-order valence-electron chi connectivity index (χ4n) is 4.46. The molecule has 0 saturated carbocycles. The fourth-order valence-corrected chi connectivity index (χ4v) is 4.72. The van der Waals surface area contributed by atoms with Gasteiger partial charge < -0.3 is 29.6 Å². The molecule has 4 rings (SSSR count).